The molecule has 0 aliphatic carbocycles. The largest absolute Gasteiger partial charge is 0.484 e. The Kier molecular flexibility index (Phi) is 3.19. The lowest BCUT2D eigenvalue weighted by Crippen LogP contribution is -2.04. The van der Waals surface area contributed by atoms with E-state index < -0.39 is 0 Å². The molecule has 0 saturated heterocycles. The van der Waals surface area contributed by atoms with Gasteiger partial charge in [0.15, 0.2) is 5.82 Å². The average molecular weight is 253 g/mol. The minimum Gasteiger partial charge on any atom is -0.484 e. The van der Waals surface area contributed by atoms with Crippen LogP contribution in [-0.2, 0) is 13.7 Å². The predicted octanol–water partition coefficient (Wildman–Crippen LogP) is 1.94. The van der Waals surface area contributed by atoms with Crippen molar-refractivity contribution in [1.82, 2.24) is 14.8 Å². The zero-order chi connectivity index (χ0) is 12.4. The predicted molar refractivity (Wildman–Crippen MR) is 65.9 cm³/mol. The van der Waals surface area contributed by atoms with E-state index >= 15 is 0 Å². The highest BCUT2D eigenvalue weighted by Crippen LogP contribution is 2.27. The van der Waals surface area contributed by atoms with Gasteiger partial charge in [0.25, 0.3) is 0 Å². The van der Waals surface area contributed by atoms with Crippen LogP contribution in [0.5, 0.6) is 5.75 Å². The number of nitrogen functional groups attached to an aromatic ring is 1. The summed E-state index contributed by atoms with van der Waals surface area (Å²) in [7, 11) is 1.88. The molecule has 0 saturated carbocycles. The van der Waals surface area contributed by atoms with Gasteiger partial charge in [0.05, 0.1) is 5.02 Å². The minimum atomic E-state index is 0.306. The van der Waals surface area contributed by atoms with Crippen LogP contribution in [0.4, 0.5) is 5.69 Å². The third-order valence-corrected chi connectivity index (χ3v) is 2.81. The molecule has 2 N–H and O–H groups in total. The van der Waals surface area contributed by atoms with Crippen LogP contribution in [0.25, 0.3) is 0 Å². The summed E-state index contributed by atoms with van der Waals surface area (Å²) in [6.45, 7) is 2.19. The molecule has 1 aromatic heterocycles. The van der Waals surface area contributed by atoms with Crippen LogP contribution in [-0.4, -0.2) is 14.8 Å². The summed E-state index contributed by atoms with van der Waals surface area (Å²) in [4.78, 5) is 0. The van der Waals surface area contributed by atoms with E-state index in [2.05, 4.69) is 10.2 Å². The lowest BCUT2D eigenvalue weighted by Gasteiger charge is -2.08. The van der Waals surface area contributed by atoms with Crippen LogP contribution < -0.4 is 10.5 Å². The van der Waals surface area contributed by atoms with Crippen molar-refractivity contribution in [2.45, 2.75) is 13.5 Å². The number of halogens is 1. The summed E-state index contributed by atoms with van der Waals surface area (Å²) in [6, 6.07) is 5.11. The molecule has 5 nitrogen and oxygen atoms in total. The molecule has 1 heterocycles. The number of nitrogens with zero attached hydrogens (tertiary/aromatic N) is 3. The first-order valence-electron chi connectivity index (χ1n) is 5.10. The Balaban J connectivity index is 2.12. The number of hydrogen-bond acceptors (Lipinski definition) is 4. The van der Waals surface area contributed by atoms with E-state index in [1.54, 1.807) is 18.2 Å². The van der Waals surface area contributed by atoms with E-state index in [9.17, 15) is 0 Å². The molecule has 0 amide bonds. The number of rotatable bonds is 3. The summed E-state index contributed by atoms with van der Waals surface area (Å²) in [5, 5.41) is 8.47. The van der Waals surface area contributed by atoms with Gasteiger partial charge in [0.1, 0.15) is 18.2 Å². The topological polar surface area (TPSA) is 66.0 Å². The number of ether oxygens (including phenoxy) is 1. The van der Waals surface area contributed by atoms with Crippen molar-refractivity contribution in [3.8, 4) is 5.75 Å². The van der Waals surface area contributed by atoms with Crippen LogP contribution in [0.3, 0.4) is 0 Å². The Morgan fingerprint density at radius 1 is 1.41 bits per heavy atom. The van der Waals surface area contributed by atoms with Gasteiger partial charge in [-0.25, -0.2) is 0 Å². The first kappa shape index (κ1) is 11.7. The van der Waals surface area contributed by atoms with E-state index in [4.69, 9.17) is 22.1 Å². The average Bonchev–Trinajstić information content (AvgIpc) is 2.62. The van der Waals surface area contributed by atoms with Crippen molar-refractivity contribution in [3.05, 3.63) is 34.9 Å². The molecule has 0 bridgehead atoms. The second-order valence-electron chi connectivity index (χ2n) is 3.70. The summed E-state index contributed by atoms with van der Waals surface area (Å²) in [5.74, 6) is 2.12. The fourth-order valence-corrected chi connectivity index (χ4v) is 1.52. The molecule has 90 valence electrons. The van der Waals surface area contributed by atoms with Gasteiger partial charge in [-0.1, -0.05) is 11.6 Å². The number of benzene rings is 1. The fourth-order valence-electron chi connectivity index (χ4n) is 1.35. The van der Waals surface area contributed by atoms with Gasteiger partial charge in [0, 0.05) is 18.8 Å². The molecular weight excluding hydrogens is 240 g/mol. The van der Waals surface area contributed by atoms with E-state index in [0.717, 1.165) is 11.6 Å². The van der Waals surface area contributed by atoms with Gasteiger partial charge < -0.3 is 15.0 Å². The Morgan fingerprint density at radius 3 is 2.82 bits per heavy atom. The van der Waals surface area contributed by atoms with Gasteiger partial charge in [0.2, 0.25) is 0 Å². The quantitative estimate of drug-likeness (QED) is 0.848. The molecule has 1 aromatic carbocycles. The number of hydrogen-bond donors (Lipinski definition) is 1. The molecule has 6 heteroatoms. The molecule has 0 aliphatic heterocycles. The highest BCUT2D eigenvalue weighted by Gasteiger charge is 2.07. The molecule has 0 unspecified atom stereocenters. The molecule has 0 radical (unpaired) electrons. The number of aryl methyl sites for hydroxylation is 1. The summed E-state index contributed by atoms with van der Waals surface area (Å²) >= 11 is 5.98. The van der Waals surface area contributed by atoms with Crippen LogP contribution in [0.1, 0.15) is 11.6 Å². The summed E-state index contributed by atoms with van der Waals surface area (Å²) < 4.78 is 7.42. The molecule has 2 rings (SSSR count). The second kappa shape index (κ2) is 4.63. The maximum Gasteiger partial charge on any atom is 0.170 e. The standard InChI is InChI=1S/C11H13ClN4O/c1-7-14-15-11(16(7)2)6-17-10-5-8(13)3-4-9(10)12/h3-5H,6,13H2,1-2H3. The van der Waals surface area contributed by atoms with Gasteiger partial charge >= 0.3 is 0 Å². The monoisotopic (exact) mass is 252 g/mol. The van der Waals surface area contributed by atoms with Crippen LogP contribution >= 0.6 is 11.6 Å². The lowest BCUT2D eigenvalue weighted by atomic mass is 10.3. The fraction of sp³-hybridized carbons (Fsp3) is 0.273. The van der Waals surface area contributed by atoms with Gasteiger partial charge in [-0.05, 0) is 19.1 Å². The summed E-state index contributed by atoms with van der Waals surface area (Å²) in [5.41, 5.74) is 6.27. The maximum absolute atomic E-state index is 5.98. The Labute approximate surface area is 104 Å². The van der Waals surface area contributed by atoms with E-state index in [0.29, 0.717) is 23.1 Å². The van der Waals surface area contributed by atoms with Gasteiger partial charge in [-0.2, -0.15) is 0 Å². The normalized spacial score (nSPS) is 10.5. The zero-order valence-electron chi connectivity index (χ0n) is 9.64. The van der Waals surface area contributed by atoms with Crippen molar-refractivity contribution in [2.75, 3.05) is 5.73 Å². The van der Waals surface area contributed by atoms with Crippen molar-refractivity contribution in [3.63, 3.8) is 0 Å². The Bertz CT molecular complexity index is 538. The Hall–Kier alpha value is -1.75. The van der Waals surface area contributed by atoms with E-state index in [1.165, 1.54) is 0 Å². The molecule has 0 atom stereocenters. The number of nitrogens with two attached hydrogens (primary N) is 1. The highest BCUT2D eigenvalue weighted by molar-refractivity contribution is 6.32. The third-order valence-electron chi connectivity index (χ3n) is 2.49. The van der Waals surface area contributed by atoms with E-state index in [-0.39, 0.29) is 0 Å². The second-order valence-corrected chi connectivity index (χ2v) is 4.11. The third kappa shape index (κ3) is 2.50. The SMILES string of the molecule is Cc1nnc(COc2cc(N)ccc2Cl)n1C. The Morgan fingerprint density at radius 2 is 2.18 bits per heavy atom. The zero-order valence-corrected chi connectivity index (χ0v) is 10.4. The van der Waals surface area contributed by atoms with Crippen molar-refractivity contribution < 1.29 is 4.74 Å². The molecular formula is C11H13ClN4O. The van der Waals surface area contributed by atoms with E-state index in [1.807, 2.05) is 18.5 Å². The molecule has 0 fully saturated rings. The molecule has 2 aromatic rings. The maximum atomic E-state index is 5.98. The number of aromatic nitrogens is 3. The smallest absolute Gasteiger partial charge is 0.170 e. The molecule has 0 aliphatic rings. The van der Waals surface area contributed by atoms with Gasteiger partial charge in [-0.3, -0.25) is 0 Å². The van der Waals surface area contributed by atoms with Crippen LogP contribution in [0, 0.1) is 6.92 Å². The first-order chi connectivity index (χ1) is 8.08. The summed E-state index contributed by atoms with van der Waals surface area (Å²) in [6.07, 6.45) is 0. The number of anilines is 1. The van der Waals surface area contributed by atoms with Crippen LogP contribution in [0.2, 0.25) is 5.02 Å². The van der Waals surface area contributed by atoms with Crippen molar-refractivity contribution >= 4 is 17.3 Å². The highest BCUT2D eigenvalue weighted by atomic mass is 35.5. The van der Waals surface area contributed by atoms with Crippen LogP contribution in [0.15, 0.2) is 18.2 Å². The van der Waals surface area contributed by atoms with Crippen molar-refractivity contribution in [1.29, 1.82) is 0 Å². The van der Waals surface area contributed by atoms with Gasteiger partial charge in [-0.15, -0.1) is 10.2 Å². The minimum absolute atomic E-state index is 0.306. The van der Waals surface area contributed by atoms with Crippen molar-refractivity contribution in [2.24, 2.45) is 7.05 Å². The first-order valence-corrected chi connectivity index (χ1v) is 5.48. The molecule has 0 spiro atoms. The lowest BCUT2D eigenvalue weighted by molar-refractivity contribution is 0.291. The molecule has 17 heavy (non-hydrogen) atoms.